The van der Waals surface area contributed by atoms with Crippen molar-refractivity contribution in [3.05, 3.63) is 34.3 Å². The molecule has 1 rings (SSSR count). The van der Waals surface area contributed by atoms with Crippen molar-refractivity contribution >= 4 is 17.7 Å². The predicted octanol–water partition coefficient (Wildman–Crippen LogP) is 3.82. The molecule has 1 aromatic carbocycles. The molecule has 0 radical (unpaired) electrons. The Morgan fingerprint density at radius 1 is 1.41 bits per heavy atom. The molecule has 0 aliphatic carbocycles. The van der Waals surface area contributed by atoms with E-state index < -0.39 is 11.7 Å². The van der Waals surface area contributed by atoms with E-state index in [2.05, 4.69) is 5.32 Å². The van der Waals surface area contributed by atoms with Crippen LogP contribution < -0.4 is 11.1 Å². The predicted molar refractivity (Wildman–Crippen MR) is 91.3 cm³/mol. The Morgan fingerprint density at radius 2 is 2.05 bits per heavy atom. The molecule has 0 saturated heterocycles. The molecule has 0 aromatic heterocycles. The van der Waals surface area contributed by atoms with Crippen molar-refractivity contribution in [2.45, 2.75) is 65.1 Å². The number of hydrogen-bond donors (Lipinski definition) is 2. The minimum Gasteiger partial charge on any atom is -0.444 e. The summed E-state index contributed by atoms with van der Waals surface area (Å²) in [5.41, 5.74) is 7.88. The summed E-state index contributed by atoms with van der Waals surface area (Å²) in [4.78, 5) is 11.9. The molecular weight excluding hydrogens is 300 g/mol. The molecule has 1 unspecified atom stereocenters. The number of aryl methyl sites for hydroxylation is 1. The summed E-state index contributed by atoms with van der Waals surface area (Å²) in [6, 6.07) is 5.56. The molecule has 0 spiro atoms. The minimum atomic E-state index is -0.514. The smallest absolute Gasteiger partial charge is 0.407 e. The van der Waals surface area contributed by atoms with Gasteiger partial charge in [-0.3, -0.25) is 0 Å². The number of carbonyl (C=O) groups is 1. The number of rotatable bonds is 5. The first-order chi connectivity index (χ1) is 10.1. The van der Waals surface area contributed by atoms with Gasteiger partial charge in [0, 0.05) is 17.1 Å². The zero-order chi connectivity index (χ0) is 16.9. The van der Waals surface area contributed by atoms with E-state index in [0.29, 0.717) is 6.42 Å². The van der Waals surface area contributed by atoms with Gasteiger partial charge in [-0.05, 0) is 57.7 Å². The quantitative estimate of drug-likeness (QED) is 0.864. The fourth-order valence-electron chi connectivity index (χ4n) is 2.22. The van der Waals surface area contributed by atoms with Crippen molar-refractivity contribution in [2.24, 2.45) is 5.73 Å². The number of alkyl carbamates (subject to hydrolysis) is 1. The van der Waals surface area contributed by atoms with Gasteiger partial charge < -0.3 is 15.8 Å². The average molecular weight is 327 g/mol. The Hall–Kier alpha value is -1.26. The van der Waals surface area contributed by atoms with Crippen LogP contribution in [0.2, 0.25) is 5.02 Å². The van der Waals surface area contributed by atoms with Gasteiger partial charge in [-0.2, -0.15) is 0 Å². The van der Waals surface area contributed by atoms with Crippen molar-refractivity contribution in [1.29, 1.82) is 0 Å². The van der Waals surface area contributed by atoms with E-state index in [1.165, 1.54) is 0 Å². The standard InChI is InChI=1S/C17H27ClN2O2/c1-6-15(20-16(21)22-17(3,4)5)14(19)10-12-7-8-13(18)11(2)9-12/h7-9,14-15H,6,10,19H2,1-5H3,(H,20,21)/t14?,15-/m1/s1. The molecule has 4 nitrogen and oxygen atoms in total. The molecule has 0 aliphatic heterocycles. The van der Waals surface area contributed by atoms with Crippen LogP contribution in [0.1, 0.15) is 45.2 Å². The van der Waals surface area contributed by atoms with Crippen molar-refractivity contribution in [1.82, 2.24) is 5.32 Å². The monoisotopic (exact) mass is 326 g/mol. The highest BCUT2D eigenvalue weighted by molar-refractivity contribution is 6.31. The normalized spacial score (nSPS) is 14.3. The van der Waals surface area contributed by atoms with Gasteiger partial charge in [-0.25, -0.2) is 4.79 Å². The molecule has 0 aliphatic rings. The summed E-state index contributed by atoms with van der Waals surface area (Å²) in [7, 11) is 0. The average Bonchev–Trinajstić information content (AvgIpc) is 2.38. The number of nitrogens with two attached hydrogens (primary N) is 1. The lowest BCUT2D eigenvalue weighted by Crippen LogP contribution is -2.49. The van der Waals surface area contributed by atoms with Gasteiger partial charge in [0.1, 0.15) is 5.60 Å². The molecule has 1 amide bonds. The van der Waals surface area contributed by atoms with Crippen LogP contribution in [0, 0.1) is 6.92 Å². The second-order valence-corrected chi connectivity index (χ2v) is 7.02. The van der Waals surface area contributed by atoms with Crippen LogP contribution in [0.15, 0.2) is 18.2 Å². The fourth-order valence-corrected chi connectivity index (χ4v) is 2.34. The van der Waals surface area contributed by atoms with Crippen molar-refractivity contribution < 1.29 is 9.53 Å². The van der Waals surface area contributed by atoms with Crippen LogP contribution in [-0.2, 0) is 11.2 Å². The molecule has 5 heteroatoms. The maximum atomic E-state index is 11.9. The zero-order valence-electron chi connectivity index (χ0n) is 14.1. The number of amides is 1. The molecule has 0 fully saturated rings. The second kappa shape index (κ2) is 7.84. The lowest BCUT2D eigenvalue weighted by atomic mass is 9.97. The van der Waals surface area contributed by atoms with Gasteiger partial charge in [-0.15, -0.1) is 0 Å². The van der Waals surface area contributed by atoms with Gasteiger partial charge in [0.15, 0.2) is 0 Å². The largest absolute Gasteiger partial charge is 0.444 e. The van der Waals surface area contributed by atoms with Gasteiger partial charge >= 0.3 is 6.09 Å². The summed E-state index contributed by atoms with van der Waals surface area (Å²) >= 11 is 6.03. The maximum Gasteiger partial charge on any atom is 0.407 e. The number of carbonyl (C=O) groups excluding carboxylic acids is 1. The molecule has 3 N–H and O–H groups in total. The Balaban J connectivity index is 2.65. The number of nitrogens with one attached hydrogen (secondary N) is 1. The summed E-state index contributed by atoms with van der Waals surface area (Å²) in [5.74, 6) is 0. The van der Waals surface area contributed by atoms with E-state index in [-0.39, 0.29) is 12.1 Å². The highest BCUT2D eigenvalue weighted by atomic mass is 35.5. The number of hydrogen-bond acceptors (Lipinski definition) is 3. The van der Waals surface area contributed by atoms with E-state index in [0.717, 1.165) is 22.6 Å². The van der Waals surface area contributed by atoms with Crippen LogP contribution in [0.25, 0.3) is 0 Å². The summed E-state index contributed by atoms with van der Waals surface area (Å²) in [6.07, 6.45) is 0.987. The van der Waals surface area contributed by atoms with Gasteiger partial charge in [-0.1, -0.05) is 30.7 Å². The van der Waals surface area contributed by atoms with Crippen LogP contribution in [0.4, 0.5) is 4.79 Å². The molecular formula is C17H27ClN2O2. The molecule has 22 heavy (non-hydrogen) atoms. The van der Waals surface area contributed by atoms with Crippen LogP contribution >= 0.6 is 11.6 Å². The third-order valence-corrected chi connectivity index (χ3v) is 3.78. The molecule has 0 saturated carbocycles. The van der Waals surface area contributed by atoms with E-state index in [4.69, 9.17) is 22.1 Å². The molecule has 124 valence electrons. The van der Waals surface area contributed by atoms with Gasteiger partial charge in [0.25, 0.3) is 0 Å². The maximum absolute atomic E-state index is 11.9. The summed E-state index contributed by atoms with van der Waals surface area (Å²) in [5, 5.41) is 3.60. The van der Waals surface area contributed by atoms with Crippen molar-refractivity contribution in [2.75, 3.05) is 0 Å². The van der Waals surface area contributed by atoms with Crippen LogP contribution in [0.5, 0.6) is 0 Å². The third kappa shape index (κ3) is 6.24. The first-order valence-corrected chi connectivity index (χ1v) is 8.00. The lowest BCUT2D eigenvalue weighted by Gasteiger charge is -2.26. The van der Waals surface area contributed by atoms with E-state index in [9.17, 15) is 4.79 Å². The molecule has 2 atom stereocenters. The topological polar surface area (TPSA) is 64.3 Å². The van der Waals surface area contributed by atoms with Gasteiger partial charge in [0.05, 0.1) is 0 Å². The highest BCUT2D eigenvalue weighted by Crippen LogP contribution is 2.18. The highest BCUT2D eigenvalue weighted by Gasteiger charge is 2.22. The van der Waals surface area contributed by atoms with Crippen molar-refractivity contribution in [3.63, 3.8) is 0 Å². The van der Waals surface area contributed by atoms with Gasteiger partial charge in [0.2, 0.25) is 0 Å². The second-order valence-electron chi connectivity index (χ2n) is 6.61. The Morgan fingerprint density at radius 3 is 2.55 bits per heavy atom. The molecule has 1 aromatic rings. The van der Waals surface area contributed by atoms with E-state index >= 15 is 0 Å². The van der Waals surface area contributed by atoms with Crippen LogP contribution in [-0.4, -0.2) is 23.8 Å². The van der Waals surface area contributed by atoms with Crippen LogP contribution in [0.3, 0.4) is 0 Å². The fraction of sp³-hybridized carbons (Fsp3) is 0.588. The zero-order valence-corrected chi connectivity index (χ0v) is 14.8. The minimum absolute atomic E-state index is 0.133. The summed E-state index contributed by atoms with van der Waals surface area (Å²) < 4.78 is 5.28. The first kappa shape index (κ1) is 18.8. The molecule has 0 heterocycles. The Bertz CT molecular complexity index is 512. The lowest BCUT2D eigenvalue weighted by molar-refractivity contribution is 0.0495. The Labute approximate surface area is 138 Å². The van der Waals surface area contributed by atoms with Crippen molar-refractivity contribution in [3.8, 4) is 0 Å². The number of halogens is 1. The van der Waals surface area contributed by atoms with E-state index in [1.54, 1.807) is 0 Å². The summed E-state index contributed by atoms with van der Waals surface area (Å²) in [6.45, 7) is 9.47. The first-order valence-electron chi connectivity index (χ1n) is 7.62. The Kier molecular flexibility index (Phi) is 6.69. The third-order valence-electron chi connectivity index (χ3n) is 3.35. The SMILES string of the molecule is CC[C@@H](NC(=O)OC(C)(C)C)C(N)Cc1ccc(Cl)c(C)c1. The molecule has 0 bridgehead atoms. The number of benzene rings is 1. The number of ether oxygens (including phenoxy) is 1. The van der Waals surface area contributed by atoms with E-state index in [1.807, 2.05) is 52.8 Å².